The van der Waals surface area contributed by atoms with E-state index in [2.05, 4.69) is 30.6 Å². The summed E-state index contributed by atoms with van der Waals surface area (Å²) in [6, 6.07) is -4.83. The van der Waals surface area contributed by atoms with Gasteiger partial charge in [-0.2, -0.15) is 0 Å². The summed E-state index contributed by atoms with van der Waals surface area (Å²) in [6.45, 7) is 0.140. The smallest absolute Gasteiger partial charge is 0.326 e. The van der Waals surface area contributed by atoms with Crippen LogP contribution < -0.4 is 16.4 Å². The molecule has 8 N–H and O–H groups in total. The molecule has 3 rings (SSSR count). The van der Waals surface area contributed by atoms with Crippen molar-refractivity contribution in [1.29, 1.82) is 0 Å². The van der Waals surface area contributed by atoms with Gasteiger partial charge in [0.15, 0.2) is 0 Å². The number of carboxylic acid groups (broad SMARTS) is 2. The largest absolute Gasteiger partial charge is 0.481 e. The summed E-state index contributed by atoms with van der Waals surface area (Å²) in [5, 5.41) is 23.6. The van der Waals surface area contributed by atoms with E-state index in [1.165, 1.54) is 29.9 Å². The fourth-order valence-corrected chi connectivity index (χ4v) is 3.97. The number of aliphatic carboxylic acids is 2. The monoisotopic (exact) mass is 504 g/mol. The summed E-state index contributed by atoms with van der Waals surface area (Å²) in [5.74, 6) is -4.80. The Balaban J connectivity index is 1.67. The van der Waals surface area contributed by atoms with Gasteiger partial charge in [-0.05, 0) is 12.8 Å². The quantitative estimate of drug-likeness (QED) is 0.164. The van der Waals surface area contributed by atoms with Crippen LogP contribution in [0, 0.1) is 0 Å². The molecule has 15 heteroatoms. The molecule has 3 amide bonds. The Labute approximate surface area is 204 Å². The molecule has 2 aromatic rings. The molecule has 1 fully saturated rings. The van der Waals surface area contributed by atoms with Gasteiger partial charge in [0.1, 0.15) is 18.1 Å². The third-order valence-corrected chi connectivity index (χ3v) is 5.76. The van der Waals surface area contributed by atoms with Crippen LogP contribution in [0.4, 0.5) is 0 Å². The summed E-state index contributed by atoms with van der Waals surface area (Å²) < 4.78 is 0. The van der Waals surface area contributed by atoms with Crippen molar-refractivity contribution in [3.63, 3.8) is 0 Å². The third kappa shape index (κ3) is 6.88. The Morgan fingerprint density at radius 2 is 1.67 bits per heavy atom. The van der Waals surface area contributed by atoms with Gasteiger partial charge in [-0.1, -0.05) is 0 Å². The van der Waals surface area contributed by atoms with E-state index < -0.39 is 60.2 Å². The molecule has 0 saturated carbocycles. The minimum absolute atomic E-state index is 0.0480. The van der Waals surface area contributed by atoms with E-state index in [0.717, 1.165) is 0 Å². The Kier molecular flexibility index (Phi) is 8.72. The van der Waals surface area contributed by atoms with E-state index in [1.54, 1.807) is 0 Å². The van der Waals surface area contributed by atoms with Gasteiger partial charge in [-0.25, -0.2) is 14.8 Å². The first kappa shape index (κ1) is 26.3. The molecule has 0 spiro atoms. The number of likely N-dealkylation sites (tertiary alicyclic amines) is 1. The number of nitrogens with one attached hydrogen (secondary N) is 4. The fourth-order valence-electron chi connectivity index (χ4n) is 3.97. The predicted molar refractivity (Wildman–Crippen MR) is 121 cm³/mol. The number of nitrogens with zero attached hydrogens (tertiary/aromatic N) is 3. The number of hydrogen-bond donors (Lipinski definition) is 7. The highest BCUT2D eigenvalue weighted by Crippen LogP contribution is 2.20. The molecule has 0 radical (unpaired) electrons. The van der Waals surface area contributed by atoms with Crippen molar-refractivity contribution in [3.8, 4) is 0 Å². The second-order valence-corrected chi connectivity index (χ2v) is 8.42. The molecule has 0 aromatic carbocycles. The zero-order chi connectivity index (χ0) is 26.2. The van der Waals surface area contributed by atoms with Crippen molar-refractivity contribution in [1.82, 2.24) is 35.5 Å². The van der Waals surface area contributed by atoms with E-state index in [-0.39, 0.29) is 25.8 Å². The Hall–Kier alpha value is -4.27. The van der Waals surface area contributed by atoms with Gasteiger partial charge in [0.25, 0.3) is 0 Å². The summed E-state index contributed by atoms with van der Waals surface area (Å²) in [5.41, 5.74) is 6.98. The first-order chi connectivity index (χ1) is 17.2. The molecule has 3 heterocycles. The number of rotatable bonds is 12. The zero-order valence-electron chi connectivity index (χ0n) is 19.2. The fraction of sp³-hybridized carbons (Fsp3) is 0.476. The Morgan fingerprint density at radius 1 is 1.03 bits per heavy atom. The minimum Gasteiger partial charge on any atom is -0.481 e. The molecule has 0 bridgehead atoms. The van der Waals surface area contributed by atoms with Crippen LogP contribution >= 0.6 is 0 Å². The van der Waals surface area contributed by atoms with Gasteiger partial charge in [-0.3, -0.25) is 19.2 Å². The van der Waals surface area contributed by atoms with Gasteiger partial charge in [0.05, 0.1) is 25.1 Å². The highest BCUT2D eigenvalue weighted by Gasteiger charge is 2.39. The Morgan fingerprint density at radius 3 is 2.22 bits per heavy atom. The number of aromatic amines is 2. The van der Waals surface area contributed by atoms with Crippen LogP contribution in [0.2, 0.25) is 0 Å². The van der Waals surface area contributed by atoms with Crippen LogP contribution in [0.1, 0.15) is 30.7 Å². The molecule has 194 valence electrons. The lowest BCUT2D eigenvalue weighted by Crippen LogP contribution is -2.57. The number of hydrogen-bond acceptors (Lipinski definition) is 8. The lowest BCUT2D eigenvalue weighted by atomic mass is 10.1. The zero-order valence-corrected chi connectivity index (χ0v) is 19.2. The number of carbonyl (C=O) groups excluding carboxylic acids is 3. The SMILES string of the molecule is NC(Cc1cnc[nH]1)C(=O)NC(CC(=O)O)C(=O)N1CCCC1C(=O)NC(Cc1cnc[nH]1)C(=O)O. The van der Waals surface area contributed by atoms with Gasteiger partial charge in [-0.15, -0.1) is 0 Å². The van der Waals surface area contributed by atoms with E-state index in [9.17, 15) is 34.2 Å². The van der Waals surface area contributed by atoms with Crippen molar-refractivity contribution < 1.29 is 34.2 Å². The van der Waals surface area contributed by atoms with Crippen molar-refractivity contribution in [2.24, 2.45) is 5.73 Å². The predicted octanol–water partition coefficient (Wildman–Crippen LogP) is -2.23. The van der Waals surface area contributed by atoms with Crippen LogP contribution in [0.3, 0.4) is 0 Å². The van der Waals surface area contributed by atoms with Gasteiger partial charge in [0.2, 0.25) is 17.7 Å². The number of amides is 3. The van der Waals surface area contributed by atoms with Crippen LogP contribution in [0.25, 0.3) is 0 Å². The van der Waals surface area contributed by atoms with Crippen LogP contribution in [-0.4, -0.2) is 95.4 Å². The summed E-state index contributed by atoms with van der Waals surface area (Å²) >= 11 is 0. The van der Waals surface area contributed by atoms with E-state index >= 15 is 0 Å². The van der Waals surface area contributed by atoms with Gasteiger partial charge >= 0.3 is 11.9 Å². The average molecular weight is 505 g/mol. The van der Waals surface area contributed by atoms with Crippen molar-refractivity contribution in [3.05, 3.63) is 36.4 Å². The molecular formula is C21H28N8O7. The van der Waals surface area contributed by atoms with E-state index in [4.69, 9.17) is 5.73 Å². The standard InChI is InChI=1S/C21H28N8O7/c22-13(4-11-7-23-9-25-11)18(32)27-14(6-17(30)31)20(34)29-3-1-2-16(29)19(33)28-15(21(35)36)5-12-8-24-10-26-12/h7-10,13-16H,1-6,22H2,(H,23,25)(H,24,26)(H,27,32)(H,28,33)(H,30,31)(H,35,36). The summed E-state index contributed by atoms with van der Waals surface area (Å²) in [7, 11) is 0. The van der Waals surface area contributed by atoms with Crippen molar-refractivity contribution >= 4 is 29.7 Å². The van der Waals surface area contributed by atoms with E-state index in [1.807, 2.05) is 0 Å². The molecule has 0 aliphatic carbocycles. The summed E-state index contributed by atoms with van der Waals surface area (Å²) in [6.07, 6.45) is 5.72. The normalized spacial score (nSPS) is 17.7. The Bertz CT molecular complexity index is 1070. The van der Waals surface area contributed by atoms with Crippen molar-refractivity contribution in [2.75, 3.05) is 6.54 Å². The highest BCUT2D eigenvalue weighted by atomic mass is 16.4. The topological polar surface area (TPSA) is 236 Å². The maximum atomic E-state index is 13.2. The molecule has 4 unspecified atom stereocenters. The second-order valence-electron chi connectivity index (χ2n) is 8.42. The van der Waals surface area contributed by atoms with Gasteiger partial charge < -0.3 is 41.4 Å². The molecular weight excluding hydrogens is 476 g/mol. The van der Waals surface area contributed by atoms with E-state index in [0.29, 0.717) is 17.8 Å². The average Bonchev–Trinajstić information content (AvgIpc) is 3.59. The number of H-pyrrole nitrogens is 2. The first-order valence-electron chi connectivity index (χ1n) is 11.2. The molecule has 36 heavy (non-hydrogen) atoms. The van der Waals surface area contributed by atoms with Crippen LogP contribution in [-0.2, 0) is 36.8 Å². The lowest BCUT2D eigenvalue weighted by Gasteiger charge is -2.29. The van der Waals surface area contributed by atoms with Crippen LogP contribution in [0.15, 0.2) is 25.0 Å². The molecule has 1 aliphatic rings. The number of nitrogens with two attached hydrogens (primary N) is 1. The molecule has 4 atom stereocenters. The van der Waals surface area contributed by atoms with Gasteiger partial charge in [0, 0.05) is 43.2 Å². The molecule has 2 aromatic heterocycles. The first-order valence-corrected chi connectivity index (χ1v) is 11.2. The van der Waals surface area contributed by atoms with Crippen LogP contribution in [0.5, 0.6) is 0 Å². The summed E-state index contributed by atoms with van der Waals surface area (Å²) in [4.78, 5) is 76.2. The third-order valence-electron chi connectivity index (χ3n) is 5.76. The minimum atomic E-state index is -1.46. The van der Waals surface area contributed by atoms with Crippen molar-refractivity contribution in [2.45, 2.75) is 56.3 Å². The number of aromatic nitrogens is 4. The maximum Gasteiger partial charge on any atom is 0.326 e. The maximum absolute atomic E-state index is 13.2. The number of carboxylic acids is 2. The lowest BCUT2D eigenvalue weighted by molar-refractivity contribution is -0.147. The second kappa shape index (κ2) is 11.9. The highest BCUT2D eigenvalue weighted by molar-refractivity contribution is 5.96. The molecule has 15 nitrogen and oxygen atoms in total. The number of carbonyl (C=O) groups is 5. The molecule has 1 saturated heterocycles. The number of imidazole rings is 2. The molecule has 1 aliphatic heterocycles.